The topological polar surface area (TPSA) is 87.0 Å². The number of hydrogen-bond acceptors (Lipinski definition) is 6. The Bertz CT molecular complexity index is 923. The third kappa shape index (κ3) is 3.08. The summed E-state index contributed by atoms with van der Waals surface area (Å²) < 4.78 is 5.22. The lowest BCUT2D eigenvalue weighted by Crippen LogP contribution is -1.96. The van der Waals surface area contributed by atoms with Gasteiger partial charge < -0.3 is 14.9 Å². The molecular weight excluding hydrogens is 306 g/mol. The van der Waals surface area contributed by atoms with Gasteiger partial charge in [0.15, 0.2) is 11.5 Å². The van der Waals surface area contributed by atoms with Crippen molar-refractivity contribution in [3.05, 3.63) is 53.6 Å². The van der Waals surface area contributed by atoms with Crippen LogP contribution in [0.5, 0.6) is 17.2 Å². The largest absolute Gasteiger partial charge is 0.504 e. The molecule has 0 saturated carbocycles. The Hall–Kier alpha value is -3.28. The highest BCUT2D eigenvalue weighted by atomic mass is 16.5. The summed E-state index contributed by atoms with van der Waals surface area (Å²) in [5.74, 6) is 0.907. The van der Waals surface area contributed by atoms with E-state index < -0.39 is 0 Å². The van der Waals surface area contributed by atoms with Crippen LogP contribution in [0.4, 0.5) is 5.82 Å². The quantitative estimate of drug-likeness (QED) is 0.389. The molecule has 0 saturated heterocycles. The van der Waals surface area contributed by atoms with Crippen LogP contribution in [0.1, 0.15) is 11.1 Å². The van der Waals surface area contributed by atoms with Crippen molar-refractivity contribution in [3.8, 4) is 17.2 Å². The second kappa shape index (κ2) is 6.45. The summed E-state index contributed by atoms with van der Waals surface area (Å²) in [4.78, 5) is 4.50. The van der Waals surface area contributed by atoms with E-state index in [2.05, 4.69) is 15.5 Å². The molecule has 1 heterocycles. The molecular formula is C18H17N3O3. The molecule has 0 fully saturated rings. The summed E-state index contributed by atoms with van der Waals surface area (Å²) in [6.45, 7) is 1.99. The molecule has 0 spiro atoms. The van der Waals surface area contributed by atoms with Crippen molar-refractivity contribution in [3.63, 3.8) is 0 Å². The molecule has 3 N–H and O–H groups in total. The Morgan fingerprint density at radius 1 is 1.17 bits per heavy atom. The van der Waals surface area contributed by atoms with Crippen LogP contribution in [-0.2, 0) is 0 Å². The number of para-hydroxylation sites is 1. The van der Waals surface area contributed by atoms with E-state index in [4.69, 9.17) is 4.74 Å². The van der Waals surface area contributed by atoms with Gasteiger partial charge in [0.05, 0.1) is 18.8 Å². The van der Waals surface area contributed by atoms with Crippen molar-refractivity contribution in [2.24, 2.45) is 5.10 Å². The third-order valence-corrected chi connectivity index (χ3v) is 3.65. The van der Waals surface area contributed by atoms with Gasteiger partial charge in [0.25, 0.3) is 0 Å². The molecule has 1 aromatic heterocycles. The van der Waals surface area contributed by atoms with Gasteiger partial charge in [0.1, 0.15) is 11.6 Å². The average molecular weight is 323 g/mol. The summed E-state index contributed by atoms with van der Waals surface area (Å²) >= 11 is 0. The number of aromatic nitrogens is 1. The number of anilines is 1. The van der Waals surface area contributed by atoms with E-state index in [-0.39, 0.29) is 11.5 Å². The molecule has 0 atom stereocenters. The summed E-state index contributed by atoms with van der Waals surface area (Å²) in [5.41, 5.74) is 5.09. The number of phenols is 2. The molecule has 6 nitrogen and oxygen atoms in total. The van der Waals surface area contributed by atoms with Crippen LogP contribution < -0.4 is 10.2 Å². The molecule has 2 aromatic carbocycles. The number of pyridine rings is 1. The minimum Gasteiger partial charge on any atom is -0.504 e. The lowest BCUT2D eigenvalue weighted by atomic mass is 10.1. The Kier molecular flexibility index (Phi) is 4.20. The number of hydrogen-bond donors (Lipinski definition) is 3. The number of ether oxygens (including phenoxy) is 1. The van der Waals surface area contributed by atoms with Crippen molar-refractivity contribution in [2.75, 3.05) is 12.5 Å². The van der Waals surface area contributed by atoms with E-state index in [1.165, 1.54) is 12.3 Å². The predicted molar refractivity (Wildman–Crippen MR) is 94.0 cm³/mol. The number of phenolic OH excluding ortho intramolecular Hbond substituents is 2. The van der Waals surface area contributed by atoms with Gasteiger partial charge in [-0.1, -0.05) is 6.07 Å². The standard InChI is InChI=1S/C18H17N3O3/c1-11-8-17(20-15-9-13(24-2)6-7-14(11)15)21-19-10-12-4-3-5-16(22)18(12)23/h3-10,22-23H,1-2H3,(H,20,21). The third-order valence-electron chi connectivity index (χ3n) is 3.65. The maximum Gasteiger partial charge on any atom is 0.166 e. The summed E-state index contributed by atoms with van der Waals surface area (Å²) in [6.07, 6.45) is 1.42. The molecule has 0 amide bonds. The number of nitrogens with one attached hydrogen (secondary N) is 1. The summed E-state index contributed by atoms with van der Waals surface area (Å²) in [7, 11) is 1.61. The first-order valence-corrected chi connectivity index (χ1v) is 7.34. The van der Waals surface area contributed by atoms with E-state index in [1.54, 1.807) is 19.2 Å². The van der Waals surface area contributed by atoms with Crippen LogP contribution in [-0.4, -0.2) is 28.5 Å². The zero-order valence-electron chi connectivity index (χ0n) is 13.3. The monoisotopic (exact) mass is 323 g/mol. The SMILES string of the molecule is COc1ccc2c(C)cc(NN=Cc3cccc(O)c3O)nc2c1. The smallest absolute Gasteiger partial charge is 0.166 e. The fourth-order valence-corrected chi connectivity index (χ4v) is 2.39. The maximum atomic E-state index is 9.74. The molecule has 0 bridgehead atoms. The zero-order chi connectivity index (χ0) is 17.1. The number of methoxy groups -OCH3 is 1. The number of hydrazone groups is 1. The van der Waals surface area contributed by atoms with Crippen LogP contribution in [0, 0.1) is 6.92 Å². The first kappa shape index (κ1) is 15.6. The Labute approximate surface area is 139 Å². The molecule has 0 aliphatic carbocycles. The van der Waals surface area contributed by atoms with Gasteiger partial charge in [0.2, 0.25) is 0 Å². The molecule has 3 aromatic rings. The minimum absolute atomic E-state index is 0.189. The van der Waals surface area contributed by atoms with Gasteiger partial charge in [-0.2, -0.15) is 5.10 Å². The molecule has 0 aliphatic rings. The number of rotatable bonds is 4. The van der Waals surface area contributed by atoms with Gasteiger partial charge in [-0.05, 0) is 42.8 Å². The van der Waals surface area contributed by atoms with E-state index in [0.29, 0.717) is 11.4 Å². The van der Waals surface area contributed by atoms with E-state index in [0.717, 1.165) is 22.2 Å². The number of aryl methyl sites for hydroxylation is 1. The van der Waals surface area contributed by atoms with Gasteiger partial charge >= 0.3 is 0 Å². The van der Waals surface area contributed by atoms with Gasteiger partial charge in [-0.15, -0.1) is 0 Å². The normalized spacial score (nSPS) is 11.1. The zero-order valence-corrected chi connectivity index (χ0v) is 13.3. The number of aromatic hydroxyl groups is 2. The highest BCUT2D eigenvalue weighted by Gasteiger charge is 2.05. The van der Waals surface area contributed by atoms with Gasteiger partial charge in [0, 0.05) is 17.0 Å². The first-order chi connectivity index (χ1) is 11.6. The Morgan fingerprint density at radius 3 is 2.79 bits per heavy atom. The van der Waals surface area contributed by atoms with E-state index >= 15 is 0 Å². The molecule has 0 radical (unpaired) electrons. The Balaban J connectivity index is 1.87. The molecule has 6 heteroatoms. The van der Waals surface area contributed by atoms with E-state index in [9.17, 15) is 10.2 Å². The van der Waals surface area contributed by atoms with Crippen LogP contribution >= 0.6 is 0 Å². The van der Waals surface area contributed by atoms with Crippen LogP contribution in [0.15, 0.2) is 47.6 Å². The average Bonchev–Trinajstić information content (AvgIpc) is 2.58. The maximum absolute atomic E-state index is 9.74. The van der Waals surface area contributed by atoms with E-state index in [1.807, 2.05) is 31.2 Å². The highest BCUT2D eigenvalue weighted by Crippen LogP contribution is 2.27. The molecule has 0 unspecified atom stereocenters. The van der Waals surface area contributed by atoms with Crippen LogP contribution in [0.3, 0.4) is 0 Å². The molecule has 3 rings (SSSR count). The molecule has 0 aliphatic heterocycles. The number of nitrogens with zero attached hydrogens (tertiary/aromatic N) is 2. The first-order valence-electron chi connectivity index (χ1n) is 7.34. The molecule has 122 valence electrons. The molecule has 24 heavy (non-hydrogen) atoms. The van der Waals surface area contributed by atoms with Crippen LogP contribution in [0.25, 0.3) is 10.9 Å². The summed E-state index contributed by atoms with van der Waals surface area (Å²) in [6, 6.07) is 12.3. The predicted octanol–water partition coefficient (Wildman–Crippen LogP) is 3.41. The van der Waals surface area contributed by atoms with Crippen molar-refractivity contribution >= 4 is 22.9 Å². The van der Waals surface area contributed by atoms with Crippen molar-refractivity contribution in [1.82, 2.24) is 4.98 Å². The van der Waals surface area contributed by atoms with Gasteiger partial charge in [-0.3, -0.25) is 5.43 Å². The fraction of sp³-hybridized carbons (Fsp3) is 0.111. The second-order valence-electron chi connectivity index (χ2n) is 5.29. The minimum atomic E-state index is -0.213. The fourth-order valence-electron chi connectivity index (χ4n) is 2.39. The van der Waals surface area contributed by atoms with Gasteiger partial charge in [-0.25, -0.2) is 4.98 Å². The second-order valence-corrected chi connectivity index (χ2v) is 5.29. The summed E-state index contributed by atoms with van der Waals surface area (Å²) in [5, 5.41) is 24.3. The van der Waals surface area contributed by atoms with Crippen molar-refractivity contribution in [2.45, 2.75) is 6.92 Å². The number of fused-ring (bicyclic) bond motifs is 1. The lowest BCUT2D eigenvalue weighted by Gasteiger charge is -2.07. The van der Waals surface area contributed by atoms with Crippen molar-refractivity contribution < 1.29 is 14.9 Å². The number of benzene rings is 2. The Morgan fingerprint density at radius 2 is 2.00 bits per heavy atom. The van der Waals surface area contributed by atoms with Crippen molar-refractivity contribution in [1.29, 1.82) is 0 Å². The highest BCUT2D eigenvalue weighted by molar-refractivity contribution is 5.86. The lowest BCUT2D eigenvalue weighted by molar-refractivity contribution is 0.403. The van der Waals surface area contributed by atoms with Crippen LogP contribution in [0.2, 0.25) is 0 Å².